The summed E-state index contributed by atoms with van der Waals surface area (Å²) in [6, 6.07) is 10.9. The van der Waals surface area contributed by atoms with E-state index in [-0.39, 0.29) is 17.9 Å². The summed E-state index contributed by atoms with van der Waals surface area (Å²) < 4.78 is 19.3. The number of halogens is 1. The molecule has 1 aromatic heterocycles. The third-order valence-corrected chi connectivity index (χ3v) is 3.76. The van der Waals surface area contributed by atoms with Gasteiger partial charge in [-0.05, 0) is 32.0 Å². The van der Waals surface area contributed by atoms with Gasteiger partial charge in [-0.2, -0.15) is 0 Å². The minimum Gasteiger partial charge on any atom is -0.375 e. The zero-order valence-electron chi connectivity index (χ0n) is 14.0. The predicted molar refractivity (Wildman–Crippen MR) is 89.9 cm³/mol. The highest BCUT2D eigenvalue weighted by molar-refractivity contribution is 5.74. The molecule has 0 aliphatic heterocycles. The first kappa shape index (κ1) is 17.9. The Bertz CT molecular complexity index is 666. The molecule has 0 spiro atoms. The fraction of sp³-hybridized carbons (Fsp3) is 0.333. The zero-order chi connectivity index (χ0) is 17.5. The van der Waals surface area contributed by atoms with Crippen molar-refractivity contribution in [3.05, 3.63) is 65.7 Å². The standard InChI is InChI=1S/C18H22FN3O2/c1-12(16-10-6-7-11-20-16)21-18(23)22-13(2)17(24-3)14-8-4-5-9-15(14)19/h4-13,17H,1-3H3,(H2,21,22,23). The minimum absolute atomic E-state index is 0.243. The normalized spacial score (nSPS) is 14.5. The molecular weight excluding hydrogens is 309 g/mol. The summed E-state index contributed by atoms with van der Waals surface area (Å²) in [5.41, 5.74) is 1.17. The summed E-state index contributed by atoms with van der Waals surface area (Å²) in [5, 5.41) is 5.60. The van der Waals surface area contributed by atoms with Gasteiger partial charge in [0.2, 0.25) is 0 Å². The Hall–Kier alpha value is -2.47. The SMILES string of the molecule is COC(c1ccccc1F)C(C)NC(=O)NC(C)c1ccccn1. The highest BCUT2D eigenvalue weighted by Gasteiger charge is 2.23. The Kier molecular flexibility index (Phi) is 6.26. The maximum Gasteiger partial charge on any atom is 0.315 e. The first-order valence-electron chi connectivity index (χ1n) is 7.78. The van der Waals surface area contributed by atoms with Gasteiger partial charge >= 0.3 is 6.03 Å². The number of nitrogens with zero attached hydrogens (tertiary/aromatic N) is 1. The molecule has 2 aromatic rings. The molecule has 1 heterocycles. The second-order valence-corrected chi connectivity index (χ2v) is 5.56. The number of rotatable bonds is 6. The number of methoxy groups -OCH3 is 1. The van der Waals surface area contributed by atoms with E-state index in [1.807, 2.05) is 25.1 Å². The maximum atomic E-state index is 13.9. The van der Waals surface area contributed by atoms with E-state index in [2.05, 4.69) is 15.6 Å². The van der Waals surface area contributed by atoms with Crippen molar-refractivity contribution in [3.8, 4) is 0 Å². The monoisotopic (exact) mass is 331 g/mol. The number of carbonyl (C=O) groups excluding carboxylic acids is 1. The minimum atomic E-state index is -0.581. The molecule has 1 aromatic carbocycles. The topological polar surface area (TPSA) is 63.2 Å². The Labute approximate surface area is 141 Å². The van der Waals surface area contributed by atoms with Crippen molar-refractivity contribution in [2.75, 3.05) is 7.11 Å². The highest BCUT2D eigenvalue weighted by atomic mass is 19.1. The number of amides is 2. The molecule has 24 heavy (non-hydrogen) atoms. The van der Waals surface area contributed by atoms with E-state index in [4.69, 9.17) is 4.74 Å². The summed E-state index contributed by atoms with van der Waals surface area (Å²) >= 11 is 0. The predicted octanol–water partition coefficient (Wildman–Crippen LogP) is 3.36. The van der Waals surface area contributed by atoms with Gasteiger partial charge < -0.3 is 15.4 Å². The van der Waals surface area contributed by atoms with Crippen molar-refractivity contribution < 1.29 is 13.9 Å². The van der Waals surface area contributed by atoms with Crippen molar-refractivity contribution in [2.45, 2.75) is 32.0 Å². The van der Waals surface area contributed by atoms with Crippen LogP contribution in [-0.2, 0) is 4.74 Å². The van der Waals surface area contributed by atoms with E-state index in [9.17, 15) is 9.18 Å². The van der Waals surface area contributed by atoms with E-state index >= 15 is 0 Å². The first-order valence-corrected chi connectivity index (χ1v) is 7.78. The van der Waals surface area contributed by atoms with Crippen LogP contribution in [0, 0.1) is 5.82 Å². The highest BCUT2D eigenvalue weighted by Crippen LogP contribution is 2.23. The molecule has 128 valence electrons. The second kappa shape index (κ2) is 8.40. The quantitative estimate of drug-likeness (QED) is 0.853. The number of carbonyl (C=O) groups is 1. The van der Waals surface area contributed by atoms with E-state index in [0.29, 0.717) is 5.56 Å². The summed E-state index contributed by atoms with van der Waals surface area (Å²) in [7, 11) is 1.49. The van der Waals surface area contributed by atoms with Crippen LogP contribution in [0.1, 0.15) is 37.3 Å². The van der Waals surface area contributed by atoms with Crippen LogP contribution in [0.15, 0.2) is 48.7 Å². The number of benzene rings is 1. The van der Waals surface area contributed by atoms with E-state index in [0.717, 1.165) is 5.69 Å². The number of ether oxygens (including phenoxy) is 1. The number of hydrogen-bond acceptors (Lipinski definition) is 3. The van der Waals surface area contributed by atoms with Gasteiger partial charge in [0.15, 0.2) is 0 Å². The fourth-order valence-electron chi connectivity index (χ4n) is 2.53. The number of nitrogens with one attached hydrogen (secondary N) is 2. The average Bonchev–Trinajstić information content (AvgIpc) is 2.57. The van der Waals surface area contributed by atoms with Crippen molar-refractivity contribution in [2.24, 2.45) is 0 Å². The molecule has 6 heteroatoms. The lowest BCUT2D eigenvalue weighted by molar-refractivity contribution is 0.0731. The molecule has 0 bridgehead atoms. The molecule has 3 atom stereocenters. The van der Waals surface area contributed by atoms with Crippen LogP contribution in [0.5, 0.6) is 0 Å². The Morgan fingerprint density at radius 2 is 1.83 bits per heavy atom. The lowest BCUT2D eigenvalue weighted by atomic mass is 10.0. The van der Waals surface area contributed by atoms with Gasteiger partial charge in [-0.3, -0.25) is 4.98 Å². The Balaban J connectivity index is 1.98. The fourth-order valence-corrected chi connectivity index (χ4v) is 2.53. The second-order valence-electron chi connectivity index (χ2n) is 5.56. The molecule has 0 saturated carbocycles. The van der Waals surface area contributed by atoms with E-state index in [1.165, 1.54) is 13.2 Å². The van der Waals surface area contributed by atoms with Crippen molar-refractivity contribution in [1.29, 1.82) is 0 Å². The molecule has 5 nitrogen and oxygen atoms in total. The summed E-state index contributed by atoms with van der Waals surface area (Å²) in [6.07, 6.45) is 1.09. The van der Waals surface area contributed by atoms with Gasteiger partial charge in [0.25, 0.3) is 0 Å². The lowest BCUT2D eigenvalue weighted by Crippen LogP contribution is -2.44. The lowest BCUT2D eigenvalue weighted by Gasteiger charge is -2.25. The molecular formula is C18H22FN3O2. The van der Waals surface area contributed by atoms with Gasteiger partial charge in [-0.25, -0.2) is 9.18 Å². The van der Waals surface area contributed by atoms with E-state index in [1.54, 1.807) is 31.3 Å². The van der Waals surface area contributed by atoms with Crippen LogP contribution in [0.3, 0.4) is 0 Å². The molecule has 0 aliphatic rings. The van der Waals surface area contributed by atoms with Crippen LogP contribution >= 0.6 is 0 Å². The number of aromatic nitrogens is 1. The molecule has 2 N–H and O–H groups in total. The number of urea groups is 1. The van der Waals surface area contributed by atoms with E-state index < -0.39 is 12.1 Å². The third-order valence-electron chi connectivity index (χ3n) is 3.76. The van der Waals surface area contributed by atoms with Crippen LogP contribution in [0.2, 0.25) is 0 Å². The number of pyridine rings is 1. The molecule has 2 rings (SSSR count). The molecule has 0 radical (unpaired) electrons. The Morgan fingerprint density at radius 1 is 1.12 bits per heavy atom. The van der Waals surface area contributed by atoms with Gasteiger partial charge in [-0.1, -0.05) is 24.3 Å². The van der Waals surface area contributed by atoms with Crippen molar-refractivity contribution in [3.63, 3.8) is 0 Å². The third kappa shape index (κ3) is 4.52. The van der Waals surface area contributed by atoms with Crippen LogP contribution in [-0.4, -0.2) is 24.2 Å². The number of hydrogen-bond donors (Lipinski definition) is 2. The zero-order valence-corrected chi connectivity index (χ0v) is 14.0. The molecule has 2 amide bonds. The molecule has 0 fully saturated rings. The van der Waals surface area contributed by atoms with Crippen LogP contribution in [0.4, 0.5) is 9.18 Å². The smallest absolute Gasteiger partial charge is 0.315 e. The van der Waals surface area contributed by atoms with Gasteiger partial charge in [-0.15, -0.1) is 0 Å². The average molecular weight is 331 g/mol. The summed E-state index contributed by atoms with van der Waals surface area (Å²) in [5.74, 6) is -0.361. The summed E-state index contributed by atoms with van der Waals surface area (Å²) in [6.45, 7) is 3.61. The molecule has 3 unspecified atom stereocenters. The largest absolute Gasteiger partial charge is 0.375 e. The maximum absolute atomic E-state index is 13.9. The van der Waals surface area contributed by atoms with Gasteiger partial charge in [0, 0.05) is 18.9 Å². The van der Waals surface area contributed by atoms with Gasteiger partial charge in [0.05, 0.1) is 17.8 Å². The molecule has 0 aliphatic carbocycles. The van der Waals surface area contributed by atoms with Gasteiger partial charge in [0.1, 0.15) is 11.9 Å². The van der Waals surface area contributed by atoms with Crippen molar-refractivity contribution >= 4 is 6.03 Å². The Morgan fingerprint density at radius 3 is 2.46 bits per heavy atom. The first-order chi connectivity index (χ1) is 11.5. The van der Waals surface area contributed by atoms with Crippen molar-refractivity contribution in [1.82, 2.24) is 15.6 Å². The van der Waals surface area contributed by atoms with Crippen LogP contribution < -0.4 is 10.6 Å². The summed E-state index contributed by atoms with van der Waals surface area (Å²) in [4.78, 5) is 16.4. The molecule has 0 saturated heterocycles. The van der Waals surface area contributed by atoms with Crippen LogP contribution in [0.25, 0.3) is 0 Å².